The number of Topliss-reactive ketones (excluding diaryl/α,β-unsaturated/α-hetero) is 1. The Labute approximate surface area is 245 Å². The van der Waals surface area contributed by atoms with Crippen molar-refractivity contribution in [3.63, 3.8) is 0 Å². The molecular formula is C35H33NO6. The van der Waals surface area contributed by atoms with Gasteiger partial charge in [0.15, 0.2) is 0 Å². The third kappa shape index (κ3) is 6.37. The van der Waals surface area contributed by atoms with Gasteiger partial charge < -0.3 is 24.2 Å². The van der Waals surface area contributed by atoms with Gasteiger partial charge in [-0.3, -0.25) is 9.59 Å². The van der Waals surface area contributed by atoms with E-state index in [1.807, 2.05) is 91.9 Å². The summed E-state index contributed by atoms with van der Waals surface area (Å²) in [5.41, 5.74) is 2.90. The first-order valence-corrected chi connectivity index (χ1v) is 13.8. The van der Waals surface area contributed by atoms with Crippen LogP contribution in [0.2, 0.25) is 0 Å². The minimum atomic E-state index is -0.797. The summed E-state index contributed by atoms with van der Waals surface area (Å²) in [6.07, 6.45) is 0.534. The molecule has 214 valence electrons. The highest BCUT2D eigenvalue weighted by molar-refractivity contribution is 6.46. The van der Waals surface area contributed by atoms with Crippen LogP contribution in [0.5, 0.6) is 17.2 Å². The van der Waals surface area contributed by atoms with E-state index in [4.69, 9.17) is 14.2 Å². The van der Waals surface area contributed by atoms with Gasteiger partial charge in [0.25, 0.3) is 11.7 Å². The SMILES string of the molecule is COCCCN1C(=O)C(=O)C(=C(O)c2ccc(OCc3ccccc3)cc2C)C1c1cccc(Oc2ccccc2)c1. The minimum absolute atomic E-state index is 0.0373. The van der Waals surface area contributed by atoms with Crippen LogP contribution in [0.25, 0.3) is 5.76 Å². The molecule has 1 aliphatic rings. The lowest BCUT2D eigenvalue weighted by atomic mass is 9.93. The number of aliphatic hydroxyl groups excluding tert-OH is 1. The number of aliphatic hydroxyl groups is 1. The van der Waals surface area contributed by atoms with Crippen LogP contribution >= 0.6 is 0 Å². The molecule has 5 rings (SSSR count). The Kier molecular flexibility index (Phi) is 8.99. The molecule has 1 aliphatic heterocycles. The molecule has 4 aromatic rings. The van der Waals surface area contributed by atoms with Gasteiger partial charge in [0.05, 0.1) is 11.6 Å². The highest BCUT2D eigenvalue weighted by Gasteiger charge is 2.46. The first kappa shape index (κ1) is 28.6. The second-order valence-electron chi connectivity index (χ2n) is 10.1. The molecule has 0 radical (unpaired) electrons. The summed E-state index contributed by atoms with van der Waals surface area (Å²) >= 11 is 0. The summed E-state index contributed by atoms with van der Waals surface area (Å²) in [4.78, 5) is 28.3. The number of hydrogen-bond acceptors (Lipinski definition) is 6. The minimum Gasteiger partial charge on any atom is -0.507 e. The maximum absolute atomic E-state index is 13.5. The van der Waals surface area contributed by atoms with Crippen LogP contribution in [-0.4, -0.2) is 42.0 Å². The Balaban J connectivity index is 1.50. The molecular weight excluding hydrogens is 530 g/mol. The second kappa shape index (κ2) is 13.2. The summed E-state index contributed by atoms with van der Waals surface area (Å²) in [5.74, 6) is 0.233. The van der Waals surface area contributed by atoms with Crippen LogP contribution in [0.1, 0.15) is 34.7 Å². The van der Waals surface area contributed by atoms with Crippen molar-refractivity contribution in [2.24, 2.45) is 0 Å². The molecule has 0 aromatic heterocycles. The highest BCUT2D eigenvalue weighted by atomic mass is 16.5. The number of methoxy groups -OCH3 is 1. The number of ketones is 1. The summed E-state index contributed by atoms with van der Waals surface area (Å²) in [6.45, 7) is 2.95. The maximum Gasteiger partial charge on any atom is 0.295 e. The van der Waals surface area contributed by atoms with E-state index in [1.54, 1.807) is 25.3 Å². The number of hydrogen-bond donors (Lipinski definition) is 1. The Hall–Kier alpha value is -4.88. The molecule has 1 amide bonds. The molecule has 1 N–H and O–H groups in total. The lowest BCUT2D eigenvalue weighted by Crippen LogP contribution is -2.31. The number of likely N-dealkylation sites (tertiary alicyclic amines) is 1. The first-order valence-electron chi connectivity index (χ1n) is 13.8. The lowest BCUT2D eigenvalue weighted by Gasteiger charge is -2.25. The molecule has 1 atom stereocenters. The van der Waals surface area contributed by atoms with Gasteiger partial charge >= 0.3 is 0 Å². The number of carbonyl (C=O) groups is 2. The topological polar surface area (TPSA) is 85.3 Å². The van der Waals surface area contributed by atoms with Gasteiger partial charge in [-0.2, -0.15) is 0 Å². The number of aryl methyl sites for hydroxylation is 1. The van der Waals surface area contributed by atoms with Crippen molar-refractivity contribution < 1.29 is 28.9 Å². The van der Waals surface area contributed by atoms with Gasteiger partial charge in [-0.25, -0.2) is 0 Å². The summed E-state index contributed by atoms with van der Waals surface area (Å²) in [6, 6.07) is 30.9. The van der Waals surface area contributed by atoms with Crippen LogP contribution in [0, 0.1) is 6.92 Å². The van der Waals surface area contributed by atoms with Crippen molar-refractivity contribution in [1.29, 1.82) is 0 Å². The van der Waals surface area contributed by atoms with Gasteiger partial charge in [-0.15, -0.1) is 0 Å². The van der Waals surface area contributed by atoms with E-state index in [-0.39, 0.29) is 17.9 Å². The van der Waals surface area contributed by atoms with Crippen LogP contribution in [0.15, 0.2) is 109 Å². The molecule has 0 aliphatic carbocycles. The molecule has 1 saturated heterocycles. The van der Waals surface area contributed by atoms with Crippen LogP contribution in [0.3, 0.4) is 0 Å². The molecule has 0 saturated carbocycles. The fourth-order valence-electron chi connectivity index (χ4n) is 5.09. The largest absolute Gasteiger partial charge is 0.507 e. The van der Waals surface area contributed by atoms with Gasteiger partial charge in [-0.1, -0.05) is 60.7 Å². The third-order valence-corrected chi connectivity index (χ3v) is 7.14. The van der Waals surface area contributed by atoms with Gasteiger partial charge in [0, 0.05) is 25.8 Å². The van der Waals surface area contributed by atoms with Crippen molar-refractivity contribution in [3.8, 4) is 17.2 Å². The summed E-state index contributed by atoms with van der Waals surface area (Å²) < 4.78 is 17.2. The number of para-hydroxylation sites is 1. The molecule has 42 heavy (non-hydrogen) atoms. The van der Waals surface area contributed by atoms with Gasteiger partial charge in [-0.05, 0) is 72.5 Å². The molecule has 7 heteroatoms. The Morgan fingerprint density at radius 2 is 1.55 bits per heavy atom. The fourth-order valence-corrected chi connectivity index (χ4v) is 5.09. The van der Waals surface area contributed by atoms with E-state index < -0.39 is 17.7 Å². The number of rotatable bonds is 11. The Morgan fingerprint density at radius 3 is 2.26 bits per heavy atom. The monoisotopic (exact) mass is 563 g/mol. The quantitative estimate of drug-likeness (QED) is 0.0933. The molecule has 0 spiro atoms. The number of nitrogens with zero attached hydrogens (tertiary/aromatic N) is 1. The second-order valence-corrected chi connectivity index (χ2v) is 10.1. The van der Waals surface area contributed by atoms with E-state index in [9.17, 15) is 14.7 Å². The van der Waals surface area contributed by atoms with E-state index >= 15 is 0 Å². The Bertz CT molecular complexity index is 1580. The van der Waals surface area contributed by atoms with Gasteiger partial charge in [0.2, 0.25) is 0 Å². The lowest BCUT2D eigenvalue weighted by molar-refractivity contribution is -0.140. The van der Waals surface area contributed by atoms with E-state index in [0.29, 0.717) is 53.6 Å². The van der Waals surface area contributed by atoms with E-state index in [0.717, 1.165) is 5.56 Å². The summed E-state index contributed by atoms with van der Waals surface area (Å²) in [7, 11) is 1.59. The standard InChI is InChI=1S/C35H33NO6/c1-24-21-28(41-23-25-11-5-3-6-12-25)17-18-30(24)33(37)31-32(36(19-10-20-40-2)35(39)34(31)38)26-13-9-16-29(22-26)42-27-14-7-4-8-15-27/h3-9,11-18,21-22,32,37H,10,19-20,23H2,1-2H3. The zero-order valence-corrected chi connectivity index (χ0v) is 23.7. The molecule has 0 bridgehead atoms. The smallest absolute Gasteiger partial charge is 0.295 e. The third-order valence-electron chi connectivity index (χ3n) is 7.14. The molecule has 4 aromatic carbocycles. The average Bonchev–Trinajstić information content (AvgIpc) is 3.26. The predicted octanol–water partition coefficient (Wildman–Crippen LogP) is 6.82. The van der Waals surface area contributed by atoms with Crippen LogP contribution in [-0.2, 0) is 20.9 Å². The van der Waals surface area contributed by atoms with E-state index in [2.05, 4.69) is 0 Å². The van der Waals surface area contributed by atoms with Crippen molar-refractivity contribution in [1.82, 2.24) is 4.90 Å². The van der Waals surface area contributed by atoms with Gasteiger partial charge in [0.1, 0.15) is 29.6 Å². The molecule has 1 fully saturated rings. The number of ether oxygens (including phenoxy) is 3. The van der Waals surface area contributed by atoms with Crippen LogP contribution < -0.4 is 9.47 Å². The molecule has 1 unspecified atom stereocenters. The summed E-state index contributed by atoms with van der Waals surface area (Å²) in [5, 5.41) is 11.6. The van der Waals surface area contributed by atoms with Crippen molar-refractivity contribution >= 4 is 17.4 Å². The zero-order chi connectivity index (χ0) is 29.5. The average molecular weight is 564 g/mol. The normalized spacial score (nSPS) is 16.0. The van der Waals surface area contributed by atoms with E-state index in [1.165, 1.54) is 4.90 Å². The number of benzene rings is 4. The molecule has 1 heterocycles. The number of amides is 1. The van der Waals surface area contributed by atoms with Crippen molar-refractivity contribution in [2.75, 3.05) is 20.3 Å². The first-order chi connectivity index (χ1) is 20.5. The van der Waals surface area contributed by atoms with Crippen molar-refractivity contribution in [2.45, 2.75) is 26.0 Å². The highest BCUT2D eigenvalue weighted by Crippen LogP contribution is 2.41. The Morgan fingerprint density at radius 1 is 0.833 bits per heavy atom. The maximum atomic E-state index is 13.5. The zero-order valence-electron chi connectivity index (χ0n) is 23.7. The van der Waals surface area contributed by atoms with Crippen LogP contribution in [0.4, 0.5) is 0 Å². The fraction of sp³-hybridized carbons (Fsp3) is 0.200. The van der Waals surface area contributed by atoms with Crippen molar-refractivity contribution in [3.05, 3.63) is 131 Å². The predicted molar refractivity (Wildman–Crippen MR) is 160 cm³/mol. The molecule has 7 nitrogen and oxygen atoms in total. The number of carbonyl (C=O) groups excluding carboxylic acids is 2.